The van der Waals surface area contributed by atoms with Gasteiger partial charge >= 0.3 is 12.4 Å². The zero-order valence-electron chi connectivity index (χ0n) is 21.2. The number of aliphatic hydroxyl groups is 1. The Bertz CT molecular complexity index is 1130. The van der Waals surface area contributed by atoms with Gasteiger partial charge in [-0.2, -0.15) is 26.3 Å². The Hall–Kier alpha value is -2.14. The molecule has 0 saturated carbocycles. The molecule has 0 fully saturated rings. The second-order valence-corrected chi connectivity index (χ2v) is 10.6. The maximum absolute atomic E-state index is 13.4. The first-order chi connectivity index (χ1) is 17.1. The summed E-state index contributed by atoms with van der Waals surface area (Å²) >= 11 is 0. The Morgan fingerprint density at radius 3 is 2.08 bits per heavy atom. The number of fused-ring (bicyclic) bond motifs is 2. The van der Waals surface area contributed by atoms with E-state index in [9.17, 15) is 31.4 Å². The standard InChI is InChI=1S/C27H32F6N2O2/c1-16(2)35-12-19-10-21(27(31,32)33)6-8-23(19)25(4,15-35)37-14-17(3)34-11-18-9-20(26(28,29)30)5-7-22(18)24(36)13-34/h5-10,16-17,24,36H,11-15H2,1-4H3/t17?,24-,25-/m0/s1. The second-order valence-electron chi connectivity index (χ2n) is 10.6. The molecule has 2 aliphatic rings. The Morgan fingerprint density at radius 2 is 1.49 bits per heavy atom. The van der Waals surface area contributed by atoms with E-state index in [1.165, 1.54) is 18.2 Å². The lowest BCUT2D eigenvalue weighted by atomic mass is 9.85. The molecule has 0 spiro atoms. The maximum Gasteiger partial charge on any atom is 0.416 e. The summed E-state index contributed by atoms with van der Waals surface area (Å²) in [6, 6.07) is 6.96. The van der Waals surface area contributed by atoms with Gasteiger partial charge in [0.1, 0.15) is 5.60 Å². The first kappa shape index (κ1) is 27.9. The number of benzene rings is 2. The van der Waals surface area contributed by atoms with Crippen LogP contribution >= 0.6 is 0 Å². The molecule has 1 N–H and O–H groups in total. The van der Waals surface area contributed by atoms with Crippen molar-refractivity contribution in [3.8, 4) is 0 Å². The average molecular weight is 531 g/mol. The van der Waals surface area contributed by atoms with Crippen molar-refractivity contribution in [2.24, 2.45) is 0 Å². The highest BCUT2D eigenvalue weighted by Gasteiger charge is 2.41. The molecule has 37 heavy (non-hydrogen) atoms. The van der Waals surface area contributed by atoms with Crippen LogP contribution in [-0.2, 0) is 35.8 Å². The van der Waals surface area contributed by atoms with Crippen molar-refractivity contribution >= 4 is 0 Å². The van der Waals surface area contributed by atoms with E-state index in [1.807, 2.05) is 32.6 Å². The second kappa shape index (κ2) is 9.87. The smallest absolute Gasteiger partial charge is 0.387 e. The maximum atomic E-state index is 13.4. The predicted molar refractivity (Wildman–Crippen MR) is 127 cm³/mol. The van der Waals surface area contributed by atoms with Crippen LogP contribution in [0.5, 0.6) is 0 Å². The number of halogens is 6. The van der Waals surface area contributed by atoms with E-state index in [2.05, 4.69) is 4.90 Å². The molecule has 1 unspecified atom stereocenters. The first-order valence-corrected chi connectivity index (χ1v) is 12.3. The number of β-amino-alcohol motifs (C(OH)–C–C–N with tert-alkyl or cyclic N) is 1. The van der Waals surface area contributed by atoms with Crippen LogP contribution in [0.3, 0.4) is 0 Å². The summed E-state index contributed by atoms with van der Waals surface area (Å²) in [5.74, 6) is 0. The quantitative estimate of drug-likeness (QED) is 0.473. The van der Waals surface area contributed by atoms with Gasteiger partial charge in [0.15, 0.2) is 0 Å². The van der Waals surface area contributed by atoms with Crippen molar-refractivity contribution in [1.29, 1.82) is 0 Å². The van der Waals surface area contributed by atoms with Gasteiger partial charge in [-0.05, 0) is 74.2 Å². The molecule has 0 aromatic heterocycles. The van der Waals surface area contributed by atoms with Crippen LogP contribution in [0, 0.1) is 0 Å². The lowest BCUT2D eigenvalue weighted by Gasteiger charge is -2.45. The van der Waals surface area contributed by atoms with E-state index < -0.39 is 35.2 Å². The summed E-state index contributed by atoms with van der Waals surface area (Å²) < 4.78 is 86.1. The summed E-state index contributed by atoms with van der Waals surface area (Å²) in [6.45, 7) is 9.18. The van der Waals surface area contributed by atoms with E-state index in [4.69, 9.17) is 4.74 Å². The fraction of sp³-hybridized carbons (Fsp3) is 0.556. The molecule has 0 saturated heterocycles. The minimum Gasteiger partial charge on any atom is -0.387 e. The molecule has 2 aromatic rings. The number of alkyl halides is 6. The lowest BCUT2D eigenvalue weighted by molar-refractivity contribution is -0.138. The Labute approximate surface area is 212 Å². The minimum absolute atomic E-state index is 0.0830. The van der Waals surface area contributed by atoms with Gasteiger partial charge in [0.05, 0.1) is 23.8 Å². The number of ether oxygens (including phenoxy) is 1. The van der Waals surface area contributed by atoms with Crippen LogP contribution in [-0.4, -0.2) is 46.7 Å². The van der Waals surface area contributed by atoms with Crippen molar-refractivity contribution < 1.29 is 36.2 Å². The first-order valence-electron chi connectivity index (χ1n) is 12.3. The summed E-state index contributed by atoms with van der Waals surface area (Å²) in [6.07, 6.45) is -9.86. The normalized spacial score (nSPS) is 24.2. The zero-order chi connectivity index (χ0) is 27.3. The fourth-order valence-electron chi connectivity index (χ4n) is 5.25. The molecule has 204 valence electrons. The molecule has 2 aromatic carbocycles. The van der Waals surface area contributed by atoms with Crippen molar-refractivity contribution in [1.82, 2.24) is 9.80 Å². The molecular weight excluding hydrogens is 498 g/mol. The van der Waals surface area contributed by atoms with Crippen LogP contribution < -0.4 is 0 Å². The molecule has 0 amide bonds. The van der Waals surface area contributed by atoms with Gasteiger partial charge in [-0.1, -0.05) is 12.1 Å². The van der Waals surface area contributed by atoms with Crippen LogP contribution in [0.15, 0.2) is 36.4 Å². The van der Waals surface area contributed by atoms with E-state index in [1.54, 1.807) is 0 Å². The summed E-state index contributed by atoms with van der Waals surface area (Å²) in [7, 11) is 0. The monoisotopic (exact) mass is 530 g/mol. The number of aliphatic hydroxyl groups excluding tert-OH is 1. The van der Waals surface area contributed by atoms with Crippen LogP contribution in [0.4, 0.5) is 26.3 Å². The van der Waals surface area contributed by atoms with Crippen LogP contribution in [0.25, 0.3) is 0 Å². The van der Waals surface area contributed by atoms with E-state index >= 15 is 0 Å². The van der Waals surface area contributed by atoms with Gasteiger partial charge in [-0.25, -0.2) is 0 Å². The fourth-order valence-corrected chi connectivity index (χ4v) is 5.25. The SMILES string of the molecule is CC(C)N1Cc2cc(C(F)(F)F)ccc2[C@@](C)(OCC(C)N2Cc3cc(C(F)(F)F)ccc3[C@@H](O)C2)C1. The summed E-state index contributed by atoms with van der Waals surface area (Å²) in [5, 5.41) is 10.6. The highest BCUT2D eigenvalue weighted by atomic mass is 19.4. The molecule has 10 heteroatoms. The summed E-state index contributed by atoms with van der Waals surface area (Å²) in [5.41, 5.74) is -0.185. The highest BCUT2D eigenvalue weighted by molar-refractivity contribution is 5.39. The number of hydrogen-bond acceptors (Lipinski definition) is 4. The van der Waals surface area contributed by atoms with E-state index in [0.717, 1.165) is 18.2 Å². The van der Waals surface area contributed by atoms with Crippen molar-refractivity contribution in [2.75, 3.05) is 19.7 Å². The van der Waals surface area contributed by atoms with Gasteiger partial charge in [0, 0.05) is 38.3 Å². The molecule has 4 nitrogen and oxygen atoms in total. The van der Waals surface area contributed by atoms with Gasteiger partial charge < -0.3 is 9.84 Å². The van der Waals surface area contributed by atoms with Gasteiger partial charge in [-0.15, -0.1) is 0 Å². The van der Waals surface area contributed by atoms with Crippen LogP contribution in [0.2, 0.25) is 0 Å². The highest BCUT2D eigenvalue weighted by Crippen LogP contribution is 2.40. The molecule has 4 rings (SSSR count). The third-order valence-corrected chi connectivity index (χ3v) is 7.49. The Kier molecular flexibility index (Phi) is 7.44. The van der Waals surface area contributed by atoms with Gasteiger partial charge in [0.2, 0.25) is 0 Å². The largest absolute Gasteiger partial charge is 0.416 e. The van der Waals surface area contributed by atoms with Gasteiger partial charge in [-0.3, -0.25) is 9.80 Å². The molecule has 2 aliphatic heterocycles. The van der Waals surface area contributed by atoms with Gasteiger partial charge in [0.25, 0.3) is 0 Å². The molecule has 0 aliphatic carbocycles. The molecule has 0 radical (unpaired) electrons. The van der Waals surface area contributed by atoms with Crippen LogP contribution in [0.1, 0.15) is 67.2 Å². The van der Waals surface area contributed by atoms with Crippen molar-refractivity contribution in [2.45, 2.75) is 76.9 Å². The van der Waals surface area contributed by atoms with E-state index in [0.29, 0.717) is 35.3 Å². The topological polar surface area (TPSA) is 35.9 Å². The number of nitrogens with zero attached hydrogens (tertiary/aromatic N) is 2. The van der Waals surface area contributed by atoms with Crippen molar-refractivity contribution in [3.63, 3.8) is 0 Å². The molecule has 3 atom stereocenters. The van der Waals surface area contributed by atoms with Crippen molar-refractivity contribution in [3.05, 3.63) is 69.8 Å². The van der Waals surface area contributed by atoms with E-state index in [-0.39, 0.29) is 31.8 Å². The lowest BCUT2D eigenvalue weighted by Crippen LogP contribution is -2.50. The minimum atomic E-state index is -4.48. The summed E-state index contributed by atoms with van der Waals surface area (Å²) in [4.78, 5) is 3.93. The Morgan fingerprint density at radius 1 is 0.919 bits per heavy atom. The zero-order valence-corrected chi connectivity index (χ0v) is 21.2. The molecular formula is C27H32F6N2O2. The number of rotatable bonds is 5. The third-order valence-electron chi connectivity index (χ3n) is 7.49. The third kappa shape index (κ3) is 5.82. The average Bonchev–Trinajstić information content (AvgIpc) is 2.80. The molecule has 0 bridgehead atoms. The predicted octanol–water partition coefficient (Wildman–Crippen LogP) is 6.12. The molecule has 2 heterocycles. The number of hydrogen-bond donors (Lipinski definition) is 1. The Balaban J connectivity index is 1.54.